The number of aryl methyl sites for hydroxylation is 1. The second-order valence-corrected chi connectivity index (χ2v) is 5.35. The molecule has 90 valence electrons. The largest absolute Gasteiger partial charge is 0.337 e. The molecule has 16 heavy (non-hydrogen) atoms. The molecule has 0 bridgehead atoms. The summed E-state index contributed by atoms with van der Waals surface area (Å²) in [4.78, 5) is 6.90. The van der Waals surface area contributed by atoms with Crippen LogP contribution in [0, 0.1) is 0 Å². The van der Waals surface area contributed by atoms with Crippen molar-refractivity contribution in [2.24, 2.45) is 7.05 Å². The minimum Gasteiger partial charge on any atom is -0.337 e. The van der Waals surface area contributed by atoms with Gasteiger partial charge in [0.05, 0.1) is 0 Å². The van der Waals surface area contributed by atoms with E-state index in [2.05, 4.69) is 41.1 Å². The van der Waals surface area contributed by atoms with Gasteiger partial charge in [-0.3, -0.25) is 4.68 Å². The molecule has 5 heteroatoms. The molecular weight excluding hydrogens is 202 g/mol. The zero-order chi connectivity index (χ0) is 11.8. The van der Waals surface area contributed by atoms with E-state index in [9.17, 15) is 0 Å². The van der Waals surface area contributed by atoms with Crippen LogP contribution in [0.5, 0.6) is 0 Å². The van der Waals surface area contributed by atoms with Crippen molar-refractivity contribution >= 4 is 5.95 Å². The van der Waals surface area contributed by atoms with E-state index in [1.165, 1.54) is 0 Å². The molecule has 0 aliphatic carbocycles. The summed E-state index contributed by atoms with van der Waals surface area (Å²) < 4.78 is 1.90. The van der Waals surface area contributed by atoms with Gasteiger partial charge in [0.1, 0.15) is 5.82 Å². The highest BCUT2D eigenvalue weighted by atomic mass is 15.4. The molecule has 1 N–H and O–H groups in total. The zero-order valence-electron chi connectivity index (χ0n) is 10.6. The summed E-state index contributed by atoms with van der Waals surface area (Å²) in [5.41, 5.74) is 0.0496. The van der Waals surface area contributed by atoms with E-state index in [1.54, 1.807) is 0 Å². The van der Waals surface area contributed by atoms with Crippen molar-refractivity contribution < 1.29 is 0 Å². The molecule has 0 radical (unpaired) electrons. The third-order valence-electron chi connectivity index (χ3n) is 2.82. The maximum absolute atomic E-state index is 4.65. The second-order valence-electron chi connectivity index (χ2n) is 5.35. The summed E-state index contributed by atoms with van der Waals surface area (Å²) in [5.74, 6) is 1.91. The average Bonchev–Trinajstić information content (AvgIpc) is 2.61. The molecule has 0 amide bonds. The standard InChI is InChI=1S/C11H21N5/c1-11(2,3)9-13-10(14-15(9)4)16-7-5-12-6-8-16/h12H,5-8H2,1-4H3. The lowest BCUT2D eigenvalue weighted by Crippen LogP contribution is -2.44. The van der Waals surface area contributed by atoms with E-state index >= 15 is 0 Å². The van der Waals surface area contributed by atoms with E-state index in [4.69, 9.17) is 0 Å². The van der Waals surface area contributed by atoms with Gasteiger partial charge >= 0.3 is 0 Å². The summed E-state index contributed by atoms with van der Waals surface area (Å²) in [7, 11) is 1.97. The Bertz CT molecular complexity index is 357. The minimum atomic E-state index is 0.0496. The van der Waals surface area contributed by atoms with E-state index in [1.807, 2.05) is 11.7 Å². The summed E-state index contributed by atoms with van der Waals surface area (Å²) in [5, 5.41) is 7.84. The van der Waals surface area contributed by atoms with E-state index in [0.717, 1.165) is 38.0 Å². The van der Waals surface area contributed by atoms with Crippen molar-refractivity contribution in [3.05, 3.63) is 5.82 Å². The van der Waals surface area contributed by atoms with Crippen molar-refractivity contribution in [1.29, 1.82) is 0 Å². The predicted molar refractivity (Wildman–Crippen MR) is 64.8 cm³/mol. The first kappa shape index (κ1) is 11.4. The molecular formula is C11H21N5. The van der Waals surface area contributed by atoms with Crippen molar-refractivity contribution in [2.45, 2.75) is 26.2 Å². The molecule has 1 aromatic heterocycles. The van der Waals surface area contributed by atoms with Crippen molar-refractivity contribution in [3.8, 4) is 0 Å². The van der Waals surface area contributed by atoms with Gasteiger partial charge in [0.15, 0.2) is 0 Å². The van der Waals surface area contributed by atoms with Gasteiger partial charge in [0.25, 0.3) is 0 Å². The van der Waals surface area contributed by atoms with Crippen molar-refractivity contribution in [1.82, 2.24) is 20.1 Å². The molecule has 0 unspecified atom stereocenters. The average molecular weight is 223 g/mol. The van der Waals surface area contributed by atoms with E-state index in [0.29, 0.717) is 0 Å². The summed E-state index contributed by atoms with van der Waals surface area (Å²) in [6.07, 6.45) is 0. The van der Waals surface area contributed by atoms with Crippen molar-refractivity contribution in [3.63, 3.8) is 0 Å². The van der Waals surface area contributed by atoms with Gasteiger partial charge in [-0.15, -0.1) is 5.10 Å². The van der Waals surface area contributed by atoms with Crippen LogP contribution in [0.15, 0.2) is 0 Å². The molecule has 2 heterocycles. The smallest absolute Gasteiger partial charge is 0.245 e. The maximum atomic E-state index is 4.65. The molecule has 1 aliphatic heterocycles. The van der Waals surface area contributed by atoms with Crippen LogP contribution in [0.2, 0.25) is 0 Å². The SMILES string of the molecule is Cn1nc(N2CCNCC2)nc1C(C)(C)C. The Labute approximate surface area is 96.8 Å². The molecule has 0 saturated carbocycles. The van der Waals surface area contributed by atoms with Crippen LogP contribution < -0.4 is 10.2 Å². The lowest BCUT2D eigenvalue weighted by molar-refractivity contribution is 0.506. The topological polar surface area (TPSA) is 46.0 Å². The fourth-order valence-corrected chi connectivity index (χ4v) is 2.02. The Morgan fingerprint density at radius 3 is 2.31 bits per heavy atom. The Morgan fingerprint density at radius 1 is 1.19 bits per heavy atom. The van der Waals surface area contributed by atoms with Crippen LogP contribution in [0.1, 0.15) is 26.6 Å². The monoisotopic (exact) mass is 223 g/mol. The van der Waals surface area contributed by atoms with Crippen LogP contribution in [0.4, 0.5) is 5.95 Å². The fraction of sp³-hybridized carbons (Fsp3) is 0.818. The van der Waals surface area contributed by atoms with Gasteiger partial charge in [-0.1, -0.05) is 20.8 Å². The Morgan fingerprint density at radius 2 is 1.81 bits per heavy atom. The summed E-state index contributed by atoms with van der Waals surface area (Å²) >= 11 is 0. The quantitative estimate of drug-likeness (QED) is 0.754. The maximum Gasteiger partial charge on any atom is 0.245 e. The molecule has 2 rings (SSSR count). The Kier molecular flexibility index (Phi) is 2.88. The number of piperazine rings is 1. The highest BCUT2D eigenvalue weighted by molar-refractivity contribution is 5.31. The van der Waals surface area contributed by atoms with Gasteiger partial charge < -0.3 is 10.2 Å². The molecule has 0 atom stereocenters. The normalized spacial score (nSPS) is 17.9. The first-order valence-electron chi connectivity index (χ1n) is 5.85. The molecule has 1 fully saturated rings. The molecule has 0 spiro atoms. The number of nitrogens with one attached hydrogen (secondary N) is 1. The number of rotatable bonds is 1. The predicted octanol–water partition coefficient (Wildman–Crippen LogP) is 0.522. The van der Waals surface area contributed by atoms with Crippen LogP contribution in [-0.2, 0) is 12.5 Å². The highest BCUT2D eigenvalue weighted by Gasteiger charge is 2.23. The molecule has 5 nitrogen and oxygen atoms in total. The number of nitrogens with zero attached hydrogens (tertiary/aromatic N) is 4. The van der Waals surface area contributed by atoms with Gasteiger partial charge in [-0.2, -0.15) is 4.98 Å². The summed E-state index contributed by atoms with van der Waals surface area (Å²) in [6, 6.07) is 0. The van der Waals surface area contributed by atoms with Crippen LogP contribution in [-0.4, -0.2) is 40.9 Å². The number of aromatic nitrogens is 3. The first-order chi connectivity index (χ1) is 7.48. The van der Waals surface area contributed by atoms with Gasteiger partial charge in [0.2, 0.25) is 5.95 Å². The fourth-order valence-electron chi connectivity index (χ4n) is 2.02. The minimum absolute atomic E-state index is 0.0496. The summed E-state index contributed by atoms with van der Waals surface area (Å²) in [6.45, 7) is 10.5. The Balaban J connectivity index is 2.23. The first-order valence-corrected chi connectivity index (χ1v) is 5.85. The van der Waals surface area contributed by atoms with Crippen LogP contribution in [0.25, 0.3) is 0 Å². The van der Waals surface area contributed by atoms with E-state index in [-0.39, 0.29) is 5.41 Å². The lowest BCUT2D eigenvalue weighted by Gasteiger charge is -2.26. The molecule has 1 saturated heterocycles. The number of hydrogen-bond acceptors (Lipinski definition) is 4. The lowest BCUT2D eigenvalue weighted by atomic mass is 9.96. The van der Waals surface area contributed by atoms with Gasteiger partial charge in [-0.25, -0.2) is 0 Å². The number of anilines is 1. The molecule has 0 aromatic carbocycles. The second kappa shape index (κ2) is 4.05. The zero-order valence-corrected chi connectivity index (χ0v) is 10.6. The van der Waals surface area contributed by atoms with Crippen LogP contribution >= 0.6 is 0 Å². The van der Waals surface area contributed by atoms with Crippen molar-refractivity contribution in [2.75, 3.05) is 31.1 Å². The molecule has 1 aliphatic rings. The van der Waals surface area contributed by atoms with Gasteiger partial charge in [0, 0.05) is 38.6 Å². The third kappa shape index (κ3) is 2.19. The number of hydrogen-bond donors (Lipinski definition) is 1. The third-order valence-corrected chi connectivity index (χ3v) is 2.82. The van der Waals surface area contributed by atoms with Gasteiger partial charge in [-0.05, 0) is 0 Å². The molecule has 1 aromatic rings. The van der Waals surface area contributed by atoms with E-state index < -0.39 is 0 Å². The van der Waals surface area contributed by atoms with Crippen LogP contribution in [0.3, 0.4) is 0 Å². The Hall–Kier alpha value is -1.10. The highest BCUT2D eigenvalue weighted by Crippen LogP contribution is 2.22.